The Hall–Kier alpha value is -4.00. The second kappa shape index (κ2) is 21.5. The minimum absolute atomic E-state index is 0.0937. The van der Waals surface area contributed by atoms with Gasteiger partial charge in [-0.05, 0) is 47.5 Å². The van der Waals surface area contributed by atoms with Crippen LogP contribution in [0.15, 0.2) is 30.3 Å². The molecule has 7 atom stereocenters. The highest BCUT2D eigenvalue weighted by atomic mass is 16.4. The van der Waals surface area contributed by atoms with E-state index in [1.54, 1.807) is 34.6 Å². The average molecular weight is 731 g/mol. The number of aliphatic carboxylic acids is 1. The van der Waals surface area contributed by atoms with Gasteiger partial charge in [-0.3, -0.25) is 24.0 Å². The molecule has 13 heteroatoms. The lowest BCUT2D eigenvalue weighted by atomic mass is 9.91. The third-order valence-corrected chi connectivity index (χ3v) is 8.90. The van der Waals surface area contributed by atoms with E-state index in [4.69, 9.17) is 5.73 Å². The minimum Gasteiger partial charge on any atom is -0.480 e. The number of hydrogen-bond acceptors (Lipinski definition) is 7. The second-order valence-electron chi connectivity index (χ2n) is 16.4. The summed E-state index contributed by atoms with van der Waals surface area (Å²) in [5.74, 6) is -4.44. The first kappa shape index (κ1) is 46.0. The van der Waals surface area contributed by atoms with Gasteiger partial charge in [-0.1, -0.05) is 113 Å². The molecule has 0 heterocycles. The fraction of sp³-hybridized carbons (Fsp3) is 0.692. The maximum Gasteiger partial charge on any atom is 0.326 e. The zero-order valence-electron chi connectivity index (χ0n) is 33.2. The Kier molecular flexibility index (Phi) is 19.0. The van der Waals surface area contributed by atoms with Gasteiger partial charge in [0.05, 0.1) is 0 Å². The number of hydrogen-bond donors (Lipinski definition) is 7. The lowest BCUT2D eigenvalue weighted by Gasteiger charge is -2.31. The summed E-state index contributed by atoms with van der Waals surface area (Å²) < 4.78 is 0. The maximum absolute atomic E-state index is 13.9. The second-order valence-corrected chi connectivity index (χ2v) is 16.4. The topological polar surface area (TPSA) is 209 Å². The highest BCUT2D eigenvalue weighted by Crippen LogP contribution is 2.19. The van der Waals surface area contributed by atoms with Crippen molar-refractivity contribution in [2.75, 3.05) is 0 Å². The third-order valence-electron chi connectivity index (χ3n) is 8.90. The van der Waals surface area contributed by atoms with Crippen LogP contribution in [-0.2, 0) is 35.2 Å². The molecule has 0 saturated carbocycles. The Morgan fingerprint density at radius 3 is 1.73 bits per heavy atom. The van der Waals surface area contributed by atoms with Gasteiger partial charge in [0.25, 0.3) is 0 Å². The van der Waals surface area contributed by atoms with E-state index in [1.807, 2.05) is 71.9 Å². The number of nitrogens with one attached hydrogen (secondary N) is 5. The van der Waals surface area contributed by atoms with E-state index in [-0.39, 0.29) is 54.3 Å². The first-order chi connectivity index (χ1) is 24.1. The number of carboxylic acid groups (broad SMARTS) is 1. The van der Waals surface area contributed by atoms with E-state index in [1.165, 1.54) is 0 Å². The Labute approximate surface area is 310 Å². The SMILES string of the molecule is CC[C@H](C)[C@H](NC(=O)C[C@H](N)[C@H](Cc1ccccc1)NC(=O)[C@@H](NC(=O)[C@H](CC(C)C)NC(=O)CC(C)(C)C)C(C)C)C(=O)N[C@H](C(=O)O)C(C)C. The Bertz CT molecular complexity index is 1330. The van der Waals surface area contributed by atoms with Crippen molar-refractivity contribution in [3.05, 3.63) is 35.9 Å². The van der Waals surface area contributed by atoms with Crippen LogP contribution in [0.4, 0.5) is 0 Å². The molecule has 52 heavy (non-hydrogen) atoms. The van der Waals surface area contributed by atoms with Crippen LogP contribution >= 0.6 is 0 Å². The smallest absolute Gasteiger partial charge is 0.326 e. The van der Waals surface area contributed by atoms with E-state index >= 15 is 0 Å². The van der Waals surface area contributed by atoms with Gasteiger partial charge in [-0.25, -0.2) is 4.79 Å². The molecule has 0 aromatic heterocycles. The average Bonchev–Trinajstić information content (AvgIpc) is 3.02. The maximum atomic E-state index is 13.9. The summed E-state index contributed by atoms with van der Waals surface area (Å²) in [6, 6.07) is 3.73. The van der Waals surface area contributed by atoms with Crippen molar-refractivity contribution in [2.45, 2.75) is 145 Å². The highest BCUT2D eigenvalue weighted by Gasteiger charge is 2.34. The van der Waals surface area contributed by atoms with E-state index in [9.17, 15) is 33.9 Å². The van der Waals surface area contributed by atoms with Gasteiger partial charge in [0.1, 0.15) is 24.2 Å². The summed E-state index contributed by atoms with van der Waals surface area (Å²) in [6.45, 7) is 20.3. The van der Waals surface area contributed by atoms with Crippen molar-refractivity contribution < 1.29 is 33.9 Å². The quantitative estimate of drug-likeness (QED) is 0.0996. The summed E-state index contributed by atoms with van der Waals surface area (Å²) in [5, 5.41) is 23.6. The molecule has 294 valence electrons. The van der Waals surface area contributed by atoms with Gasteiger partial charge in [0.15, 0.2) is 0 Å². The van der Waals surface area contributed by atoms with Gasteiger partial charge in [0, 0.05) is 24.9 Å². The Balaban J connectivity index is 3.25. The zero-order valence-corrected chi connectivity index (χ0v) is 33.2. The lowest BCUT2D eigenvalue weighted by molar-refractivity contribution is -0.143. The summed E-state index contributed by atoms with van der Waals surface area (Å²) in [7, 11) is 0. The summed E-state index contributed by atoms with van der Waals surface area (Å²) in [6.07, 6.45) is 1.19. The van der Waals surface area contributed by atoms with Crippen molar-refractivity contribution in [3.8, 4) is 0 Å². The van der Waals surface area contributed by atoms with Crippen LogP contribution in [0.2, 0.25) is 0 Å². The molecule has 0 fully saturated rings. The molecule has 0 bridgehead atoms. The van der Waals surface area contributed by atoms with Crippen LogP contribution in [-0.4, -0.2) is 76.9 Å². The first-order valence-corrected chi connectivity index (χ1v) is 18.6. The Morgan fingerprint density at radius 1 is 0.712 bits per heavy atom. The summed E-state index contributed by atoms with van der Waals surface area (Å²) >= 11 is 0. The van der Waals surface area contributed by atoms with Crippen LogP contribution in [0, 0.1) is 29.1 Å². The molecule has 0 unspecified atom stereocenters. The number of carbonyl (C=O) groups excluding carboxylic acids is 5. The van der Waals surface area contributed by atoms with Crippen molar-refractivity contribution in [2.24, 2.45) is 34.8 Å². The molecule has 1 aromatic rings. The molecule has 0 aliphatic carbocycles. The lowest BCUT2D eigenvalue weighted by Crippen LogP contribution is -2.60. The first-order valence-electron chi connectivity index (χ1n) is 18.6. The number of amides is 5. The summed E-state index contributed by atoms with van der Waals surface area (Å²) in [4.78, 5) is 78.7. The molecular formula is C39H66N6O7. The fourth-order valence-corrected chi connectivity index (χ4v) is 5.72. The molecular weight excluding hydrogens is 664 g/mol. The van der Waals surface area contributed by atoms with Crippen molar-refractivity contribution >= 4 is 35.5 Å². The van der Waals surface area contributed by atoms with Crippen molar-refractivity contribution in [3.63, 3.8) is 0 Å². The number of rotatable bonds is 21. The molecule has 0 spiro atoms. The van der Waals surface area contributed by atoms with Gasteiger partial charge < -0.3 is 37.4 Å². The van der Waals surface area contributed by atoms with Gasteiger partial charge >= 0.3 is 5.97 Å². The van der Waals surface area contributed by atoms with Crippen molar-refractivity contribution in [1.82, 2.24) is 26.6 Å². The normalized spacial score (nSPS) is 15.8. The van der Waals surface area contributed by atoms with Gasteiger partial charge in [-0.2, -0.15) is 0 Å². The van der Waals surface area contributed by atoms with E-state index < -0.39 is 65.8 Å². The number of nitrogens with two attached hydrogens (primary N) is 1. The van der Waals surface area contributed by atoms with Crippen LogP contribution in [0.25, 0.3) is 0 Å². The monoisotopic (exact) mass is 730 g/mol. The van der Waals surface area contributed by atoms with Gasteiger partial charge in [-0.15, -0.1) is 0 Å². The number of benzene rings is 1. The molecule has 0 radical (unpaired) electrons. The molecule has 0 saturated heterocycles. The molecule has 0 aliphatic rings. The molecule has 1 aromatic carbocycles. The van der Waals surface area contributed by atoms with Gasteiger partial charge in [0.2, 0.25) is 29.5 Å². The fourth-order valence-electron chi connectivity index (χ4n) is 5.72. The van der Waals surface area contributed by atoms with E-state index in [0.29, 0.717) is 12.8 Å². The molecule has 13 nitrogen and oxygen atoms in total. The minimum atomic E-state index is -1.17. The highest BCUT2D eigenvalue weighted by molar-refractivity contribution is 5.93. The third kappa shape index (κ3) is 16.6. The van der Waals surface area contributed by atoms with Crippen LogP contribution in [0.5, 0.6) is 0 Å². The number of carboxylic acids is 1. The summed E-state index contributed by atoms with van der Waals surface area (Å²) in [5.41, 5.74) is 7.22. The van der Waals surface area contributed by atoms with E-state index in [0.717, 1.165) is 5.56 Å². The van der Waals surface area contributed by atoms with Crippen LogP contribution in [0.1, 0.15) is 107 Å². The standard InChI is InChI=1S/C39H66N6O7/c1-12-25(8)34(37(50)45-33(24(6)7)38(51)52)43-30(46)20-27(40)28(19-26-16-14-13-15-17-26)42-36(49)32(23(4)5)44-35(48)29(18-22(2)3)41-31(47)21-39(9,10)11/h13-17,22-25,27-29,32-34H,12,18-21,40H2,1-11H3,(H,41,47)(H,42,49)(H,43,46)(H,44,48)(H,45,50)(H,51,52)/t25-,27-,28-,29-,32-,33-,34-/m0/s1. The largest absolute Gasteiger partial charge is 0.480 e. The molecule has 1 rings (SSSR count). The van der Waals surface area contributed by atoms with E-state index in [2.05, 4.69) is 26.6 Å². The molecule has 5 amide bonds. The Morgan fingerprint density at radius 2 is 1.25 bits per heavy atom. The van der Waals surface area contributed by atoms with Crippen LogP contribution in [0.3, 0.4) is 0 Å². The molecule has 8 N–H and O–H groups in total. The predicted molar refractivity (Wildman–Crippen MR) is 203 cm³/mol. The molecule has 0 aliphatic heterocycles. The number of carbonyl (C=O) groups is 6. The van der Waals surface area contributed by atoms with Crippen molar-refractivity contribution in [1.29, 1.82) is 0 Å². The zero-order chi connectivity index (χ0) is 39.9. The predicted octanol–water partition coefficient (Wildman–Crippen LogP) is 3.30. The van der Waals surface area contributed by atoms with Crippen LogP contribution < -0.4 is 32.3 Å².